The van der Waals surface area contributed by atoms with Gasteiger partial charge in [-0.25, -0.2) is 4.39 Å². The quantitative estimate of drug-likeness (QED) is 0.164. The number of anilines is 6. The Kier molecular flexibility index (Phi) is 7.86. The zero-order valence-corrected chi connectivity index (χ0v) is 24.3. The molecule has 0 unspecified atom stereocenters. The average Bonchev–Trinajstić information content (AvgIpc) is 3.02. The fourth-order valence-corrected chi connectivity index (χ4v) is 5.62. The number of benzene rings is 6. The van der Waals surface area contributed by atoms with E-state index in [2.05, 4.69) is 80.3 Å². The highest BCUT2D eigenvalue weighted by atomic mass is 79.9. The van der Waals surface area contributed by atoms with Crippen molar-refractivity contribution in [2.45, 2.75) is 0 Å². The maximum atomic E-state index is 15.1. The largest absolute Gasteiger partial charge is 0.310 e. The summed E-state index contributed by atoms with van der Waals surface area (Å²) < 4.78 is 15.5. The molecule has 6 aromatic rings. The molecule has 0 saturated carbocycles. The van der Waals surface area contributed by atoms with Gasteiger partial charge in [0.15, 0.2) is 0 Å². The first-order chi connectivity index (χ1) is 20.1. The van der Waals surface area contributed by atoms with E-state index in [0.29, 0.717) is 15.2 Å². The lowest BCUT2D eigenvalue weighted by Crippen LogP contribution is -2.14. The normalized spacial score (nSPS) is 10.8. The van der Waals surface area contributed by atoms with Crippen LogP contribution in [0.5, 0.6) is 0 Å². The van der Waals surface area contributed by atoms with Crippen molar-refractivity contribution in [1.29, 1.82) is 0 Å². The van der Waals surface area contributed by atoms with E-state index in [-0.39, 0.29) is 0 Å². The van der Waals surface area contributed by atoms with Gasteiger partial charge in [0.1, 0.15) is 5.82 Å². The fourth-order valence-electron chi connectivity index (χ4n) is 5.02. The van der Waals surface area contributed by atoms with E-state index in [4.69, 9.17) is 11.6 Å². The molecule has 2 nitrogen and oxygen atoms in total. The smallest absolute Gasteiger partial charge is 0.140 e. The summed E-state index contributed by atoms with van der Waals surface area (Å²) in [5.41, 5.74) is 7.42. The van der Waals surface area contributed by atoms with Crippen molar-refractivity contribution in [3.05, 3.63) is 167 Å². The third kappa shape index (κ3) is 5.62. The monoisotopic (exact) mass is 618 g/mol. The lowest BCUT2D eigenvalue weighted by molar-refractivity contribution is 0.621. The number of para-hydroxylation sites is 3. The molecular weight excluding hydrogens is 595 g/mol. The van der Waals surface area contributed by atoms with Gasteiger partial charge in [0.25, 0.3) is 0 Å². The molecule has 6 aromatic carbocycles. The Morgan fingerprint density at radius 3 is 1.63 bits per heavy atom. The highest BCUT2D eigenvalue weighted by Crippen LogP contribution is 2.46. The number of halogens is 3. The Bertz CT molecular complexity index is 1740. The molecule has 41 heavy (non-hydrogen) atoms. The van der Waals surface area contributed by atoms with Crippen LogP contribution in [0.15, 0.2) is 156 Å². The van der Waals surface area contributed by atoms with Gasteiger partial charge in [0, 0.05) is 33.3 Å². The summed E-state index contributed by atoms with van der Waals surface area (Å²) in [6.07, 6.45) is 0. The molecule has 0 aliphatic carbocycles. The van der Waals surface area contributed by atoms with Crippen molar-refractivity contribution in [3.8, 4) is 11.1 Å². The molecule has 0 spiro atoms. The zero-order valence-electron chi connectivity index (χ0n) is 22.0. The topological polar surface area (TPSA) is 6.48 Å². The highest BCUT2D eigenvalue weighted by Gasteiger charge is 2.23. The van der Waals surface area contributed by atoms with E-state index in [1.54, 1.807) is 6.07 Å². The average molecular weight is 620 g/mol. The van der Waals surface area contributed by atoms with E-state index in [1.165, 1.54) is 6.07 Å². The third-order valence-corrected chi connectivity index (χ3v) is 7.82. The number of hydrogen-bond acceptors (Lipinski definition) is 2. The van der Waals surface area contributed by atoms with Gasteiger partial charge in [-0.3, -0.25) is 0 Å². The van der Waals surface area contributed by atoms with Gasteiger partial charge in [-0.1, -0.05) is 103 Å². The van der Waals surface area contributed by atoms with E-state index >= 15 is 4.39 Å². The summed E-state index contributed by atoms with van der Waals surface area (Å²) in [4.78, 5) is 4.26. The van der Waals surface area contributed by atoms with Crippen LogP contribution in [-0.4, -0.2) is 0 Å². The van der Waals surface area contributed by atoms with E-state index < -0.39 is 5.82 Å². The van der Waals surface area contributed by atoms with Crippen molar-refractivity contribution in [2.24, 2.45) is 0 Å². The van der Waals surface area contributed by atoms with Crippen molar-refractivity contribution >= 4 is 61.7 Å². The van der Waals surface area contributed by atoms with Crippen LogP contribution in [0.2, 0.25) is 5.02 Å². The second-order valence-electron chi connectivity index (χ2n) is 9.47. The fraction of sp³-hybridized carbons (Fsp3) is 0. The Morgan fingerprint density at radius 1 is 0.488 bits per heavy atom. The second kappa shape index (κ2) is 12.0. The summed E-state index contributed by atoms with van der Waals surface area (Å²) >= 11 is 9.97. The molecule has 0 N–H and O–H groups in total. The molecule has 0 bridgehead atoms. The molecule has 200 valence electrons. The first-order valence-electron chi connectivity index (χ1n) is 13.2. The van der Waals surface area contributed by atoms with Crippen molar-refractivity contribution < 1.29 is 4.39 Å². The summed E-state index contributed by atoms with van der Waals surface area (Å²) in [7, 11) is 0. The molecule has 0 radical (unpaired) electrons. The van der Waals surface area contributed by atoms with Crippen molar-refractivity contribution in [2.75, 3.05) is 9.80 Å². The summed E-state index contributed by atoms with van der Waals surface area (Å²) in [6.45, 7) is 0. The second-order valence-corrected chi connectivity index (χ2v) is 10.7. The minimum absolute atomic E-state index is 0.314. The maximum absolute atomic E-state index is 15.1. The van der Waals surface area contributed by atoms with Gasteiger partial charge in [-0.15, -0.1) is 0 Å². The van der Waals surface area contributed by atoms with E-state index in [1.807, 2.05) is 84.9 Å². The van der Waals surface area contributed by atoms with Crippen LogP contribution in [-0.2, 0) is 0 Å². The first kappa shape index (κ1) is 26.8. The Morgan fingerprint density at radius 2 is 1.00 bits per heavy atom. The molecule has 6 rings (SSSR count). The molecule has 0 aliphatic heterocycles. The van der Waals surface area contributed by atoms with Gasteiger partial charge in [-0.2, -0.15) is 0 Å². The third-order valence-electron chi connectivity index (χ3n) is 6.82. The highest BCUT2D eigenvalue weighted by molar-refractivity contribution is 9.10. The summed E-state index contributed by atoms with van der Waals surface area (Å²) in [5.74, 6) is -0.430. The predicted molar refractivity (Wildman–Crippen MR) is 174 cm³/mol. The molecule has 0 fully saturated rings. The van der Waals surface area contributed by atoms with Crippen LogP contribution < -0.4 is 9.80 Å². The van der Waals surface area contributed by atoms with Crippen LogP contribution in [0.25, 0.3) is 11.1 Å². The Balaban J connectivity index is 1.59. The minimum atomic E-state index is -0.430. The Labute approximate surface area is 253 Å². The van der Waals surface area contributed by atoms with Crippen LogP contribution >= 0.6 is 27.5 Å². The lowest BCUT2D eigenvalue weighted by atomic mass is 10.0. The summed E-state index contributed by atoms with van der Waals surface area (Å²) in [6, 6.07) is 50.2. The van der Waals surface area contributed by atoms with Crippen LogP contribution in [0.1, 0.15) is 0 Å². The summed E-state index contributed by atoms with van der Waals surface area (Å²) in [5, 5.41) is 0.314. The minimum Gasteiger partial charge on any atom is -0.310 e. The standard InChI is InChI=1S/C36H25BrClFN2/c37-36-33(39)23-27(38)24-35(36)41(34-22-11-10-21-32(34)26-13-4-1-5-14-26)31-20-12-19-30(25-31)40(28-15-6-2-7-16-28)29-17-8-3-9-18-29/h1-25H. The van der Waals surface area contributed by atoms with Gasteiger partial charge >= 0.3 is 0 Å². The predicted octanol–water partition coefficient (Wildman–Crippen LogP) is 11.8. The molecule has 0 saturated heterocycles. The van der Waals surface area contributed by atoms with Gasteiger partial charge in [0.2, 0.25) is 0 Å². The first-order valence-corrected chi connectivity index (χ1v) is 14.4. The van der Waals surface area contributed by atoms with Gasteiger partial charge in [-0.05, 0) is 82.2 Å². The molecule has 0 aliphatic rings. The Hall–Kier alpha value is -4.38. The number of hydrogen-bond donors (Lipinski definition) is 0. The molecule has 0 atom stereocenters. The van der Waals surface area contributed by atoms with Crippen LogP contribution in [0.4, 0.5) is 38.5 Å². The van der Waals surface area contributed by atoms with Crippen LogP contribution in [0.3, 0.4) is 0 Å². The van der Waals surface area contributed by atoms with Crippen molar-refractivity contribution in [3.63, 3.8) is 0 Å². The molecular formula is C36H25BrClFN2. The van der Waals surface area contributed by atoms with E-state index in [9.17, 15) is 0 Å². The van der Waals surface area contributed by atoms with E-state index in [0.717, 1.165) is 39.6 Å². The van der Waals surface area contributed by atoms with Gasteiger partial charge in [0.05, 0.1) is 15.8 Å². The van der Waals surface area contributed by atoms with Crippen LogP contribution in [0, 0.1) is 5.82 Å². The number of nitrogens with zero attached hydrogens (tertiary/aromatic N) is 2. The lowest BCUT2D eigenvalue weighted by Gasteiger charge is -2.31. The molecule has 0 aromatic heterocycles. The zero-order chi connectivity index (χ0) is 28.2. The van der Waals surface area contributed by atoms with Gasteiger partial charge < -0.3 is 9.80 Å². The maximum Gasteiger partial charge on any atom is 0.140 e. The molecule has 5 heteroatoms. The van der Waals surface area contributed by atoms with Crippen molar-refractivity contribution in [1.82, 2.24) is 0 Å². The molecule has 0 heterocycles. The SMILES string of the molecule is Fc1cc(Cl)cc(N(c2cccc(N(c3ccccc3)c3ccccc3)c2)c2ccccc2-c2ccccc2)c1Br. The molecule has 0 amide bonds. The number of rotatable bonds is 7.